The van der Waals surface area contributed by atoms with Crippen molar-refractivity contribution < 1.29 is 14.3 Å². The molecule has 0 saturated carbocycles. The smallest absolute Gasteiger partial charge is 0.242 e. The summed E-state index contributed by atoms with van der Waals surface area (Å²) in [5.74, 6) is 0.622. The van der Waals surface area contributed by atoms with Gasteiger partial charge in [-0.05, 0) is 55.0 Å². The Morgan fingerprint density at radius 2 is 1.57 bits per heavy atom. The number of nitrogens with zero attached hydrogens (tertiary/aromatic N) is 1. The van der Waals surface area contributed by atoms with Gasteiger partial charge in [0.15, 0.2) is 0 Å². The molecule has 0 radical (unpaired) electrons. The molecule has 162 valence electrons. The molecular weight excluding hydrogens is 376 g/mol. The Morgan fingerprint density at radius 3 is 2.13 bits per heavy atom. The molecule has 2 aromatic carbocycles. The Hall–Kier alpha value is -2.82. The van der Waals surface area contributed by atoms with E-state index in [9.17, 15) is 9.59 Å². The van der Waals surface area contributed by atoms with Crippen molar-refractivity contribution in [2.45, 2.75) is 59.0 Å². The highest BCUT2D eigenvalue weighted by atomic mass is 16.5. The average Bonchev–Trinajstić information content (AvgIpc) is 2.79. The topological polar surface area (TPSA) is 58.6 Å². The van der Waals surface area contributed by atoms with Crippen LogP contribution in [0.3, 0.4) is 0 Å². The van der Waals surface area contributed by atoms with E-state index in [1.807, 2.05) is 31.2 Å². The maximum Gasteiger partial charge on any atom is 0.242 e. The molecular formula is C25H34N2O3. The third kappa shape index (κ3) is 6.90. The predicted molar refractivity (Wildman–Crippen MR) is 120 cm³/mol. The number of methoxy groups -OCH3 is 1. The molecule has 5 heteroatoms. The fourth-order valence-electron chi connectivity index (χ4n) is 3.24. The van der Waals surface area contributed by atoms with Crippen molar-refractivity contribution in [2.75, 3.05) is 13.7 Å². The number of carbonyl (C=O) groups is 2. The van der Waals surface area contributed by atoms with Gasteiger partial charge < -0.3 is 15.0 Å². The third-order valence-corrected chi connectivity index (χ3v) is 5.29. The van der Waals surface area contributed by atoms with Crippen LogP contribution in [0.25, 0.3) is 0 Å². The highest BCUT2D eigenvalue weighted by molar-refractivity contribution is 5.87. The fourth-order valence-corrected chi connectivity index (χ4v) is 3.24. The maximum atomic E-state index is 13.1. The van der Waals surface area contributed by atoms with Crippen molar-refractivity contribution >= 4 is 11.8 Å². The van der Waals surface area contributed by atoms with Crippen LogP contribution in [0.1, 0.15) is 50.3 Å². The molecule has 0 fully saturated rings. The van der Waals surface area contributed by atoms with Crippen LogP contribution in [0, 0.1) is 0 Å². The number of hydrogen-bond donors (Lipinski definition) is 1. The van der Waals surface area contributed by atoms with Crippen molar-refractivity contribution in [3.05, 3.63) is 65.2 Å². The molecule has 1 atom stereocenters. The standard InChI is InChI=1S/C25H34N2O3/c1-5-17-26-25(29)19(3)27(18-22-11-14-23(30-4)15-12-22)24(28)16-13-21-9-7-20(6-2)8-10-21/h7-12,14-15,19H,5-6,13,16-18H2,1-4H3,(H,26,29). The van der Waals surface area contributed by atoms with Crippen LogP contribution in [0.5, 0.6) is 5.75 Å². The van der Waals surface area contributed by atoms with Crippen molar-refractivity contribution in [3.8, 4) is 5.75 Å². The quantitative estimate of drug-likeness (QED) is 0.606. The largest absolute Gasteiger partial charge is 0.497 e. The number of rotatable bonds is 11. The first-order chi connectivity index (χ1) is 14.5. The van der Waals surface area contributed by atoms with Crippen LogP contribution in [0.2, 0.25) is 0 Å². The Kier molecular flexibility index (Phi) is 9.39. The van der Waals surface area contributed by atoms with E-state index < -0.39 is 6.04 Å². The summed E-state index contributed by atoms with van der Waals surface area (Å²) in [4.78, 5) is 27.3. The van der Waals surface area contributed by atoms with E-state index in [1.165, 1.54) is 5.56 Å². The third-order valence-electron chi connectivity index (χ3n) is 5.29. The minimum Gasteiger partial charge on any atom is -0.497 e. The van der Waals surface area contributed by atoms with Gasteiger partial charge in [-0.15, -0.1) is 0 Å². The van der Waals surface area contributed by atoms with Crippen molar-refractivity contribution in [3.63, 3.8) is 0 Å². The summed E-state index contributed by atoms with van der Waals surface area (Å²) in [5.41, 5.74) is 3.38. The zero-order valence-corrected chi connectivity index (χ0v) is 18.6. The lowest BCUT2D eigenvalue weighted by Gasteiger charge is -2.29. The molecule has 0 aliphatic heterocycles. The summed E-state index contributed by atoms with van der Waals surface area (Å²) in [6.45, 7) is 6.92. The van der Waals surface area contributed by atoms with Crippen molar-refractivity contribution in [2.24, 2.45) is 0 Å². The van der Waals surface area contributed by atoms with Gasteiger partial charge in [0.2, 0.25) is 11.8 Å². The van der Waals surface area contributed by atoms with E-state index in [4.69, 9.17) is 4.74 Å². The van der Waals surface area contributed by atoms with Crippen LogP contribution < -0.4 is 10.1 Å². The first-order valence-corrected chi connectivity index (χ1v) is 10.8. The number of amides is 2. The van der Waals surface area contributed by atoms with E-state index >= 15 is 0 Å². The second-order valence-corrected chi connectivity index (χ2v) is 7.51. The Bertz CT molecular complexity index is 800. The summed E-state index contributed by atoms with van der Waals surface area (Å²) in [5, 5.41) is 2.91. The van der Waals surface area contributed by atoms with Crippen LogP contribution in [0.4, 0.5) is 0 Å². The zero-order valence-electron chi connectivity index (χ0n) is 18.6. The highest BCUT2D eigenvalue weighted by Crippen LogP contribution is 2.16. The Labute approximate surface area is 180 Å². The Balaban J connectivity index is 2.10. The van der Waals surface area contributed by atoms with Crippen LogP contribution in [-0.4, -0.2) is 36.4 Å². The molecule has 0 saturated heterocycles. The molecule has 30 heavy (non-hydrogen) atoms. The molecule has 2 aromatic rings. The molecule has 1 unspecified atom stereocenters. The molecule has 2 rings (SSSR count). The first kappa shape index (κ1) is 23.5. The molecule has 1 N–H and O–H groups in total. The lowest BCUT2D eigenvalue weighted by molar-refractivity contribution is -0.140. The SMILES string of the molecule is CCCNC(=O)C(C)N(Cc1ccc(OC)cc1)C(=O)CCc1ccc(CC)cc1. The lowest BCUT2D eigenvalue weighted by Crippen LogP contribution is -2.47. The van der Waals surface area contributed by atoms with Gasteiger partial charge in [0, 0.05) is 19.5 Å². The van der Waals surface area contributed by atoms with Gasteiger partial charge in [-0.3, -0.25) is 9.59 Å². The van der Waals surface area contributed by atoms with Gasteiger partial charge in [0.05, 0.1) is 7.11 Å². The molecule has 0 aliphatic rings. The molecule has 0 aromatic heterocycles. The minimum absolute atomic E-state index is 0.0236. The second kappa shape index (κ2) is 12.0. The number of hydrogen-bond acceptors (Lipinski definition) is 3. The summed E-state index contributed by atoms with van der Waals surface area (Å²) < 4.78 is 5.21. The maximum absolute atomic E-state index is 13.1. The minimum atomic E-state index is -0.534. The second-order valence-electron chi connectivity index (χ2n) is 7.51. The van der Waals surface area contributed by atoms with Gasteiger partial charge in [-0.2, -0.15) is 0 Å². The summed E-state index contributed by atoms with van der Waals surface area (Å²) in [6.07, 6.45) is 2.89. The first-order valence-electron chi connectivity index (χ1n) is 10.8. The van der Waals surface area contributed by atoms with E-state index in [2.05, 4.69) is 36.5 Å². The predicted octanol–water partition coefficient (Wildman–Crippen LogP) is 4.13. The molecule has 0 heterocycles. The van der Waals surface area contributed by atoms with Gasteiger partial charge in [-0.25, -0.2) is 0 Å². The van der Waals surface area contributed by atoms with Crippen LogP contribution in [-0.2, 0) is 29.0 Å². The monoisotopic (exact) mass is 410 g/mol. The zero-order chi connectivity index (χ0) is 21.9. The molecule has 5 nitrogen and oxygen atoms in total. The highest BCUT2D eigenvalue weighted by Gasteiger charge is 2.25. The van der Waals surface area contributed by atoms with Gasteiger partial charge in [0.25, 0.3) is 0 Å². The normalized spacial score (nSPS) is 11.6. The fraction of sp³-hybridized carbons (Fsp3) is 0.440. The molecule has 2 amide bonds. The molecule has 0 bridgehead atoms. The Morgan fingerprint density at radius 1 is 0.967 bits per heavy atom. The number of benzene rings is 2. The van der Waals surface area contributed by atoms with E-state index in [1.54, 1.807) is 18.9 Å². The van der Waals surface area contributed by atoms with Crippen LogP contribution >= 0.6 is 0 Å². The molecule has 0 spiro atoms. The van der Waals surface area contributed by atoms with Crippen LogP contribution in [0.15, 0.2) is 48.5 Å². The van der Waals surface area contributed by atoms with Gasteiger partial charge >= 0.3 is 0 Å². The van der Waals surface area contributed by atoms with E-state index in [0.717, 1.165) is 29.7 Å². The molecule has 0 aliphatic carbocycles. The number of nitrogens with one attached hydrogen (secondary N) is 1. The summed E-state index contributed by atoms with van der Waals surface area (Å²) >= 11 is 0. The number of carbonyl (C=O) groups excluding carboxylic acids is 2. The lowest BCUT2D eigenvalue weighted by atomic mass is 10.0. The van der Waals surface area contributed by atoms with Gasteiger partial charge in [0.1, 0.15) is 11.8 Å². The summed E-state index contributed by atoms with van der Waals surface area (Å²) in [6, 6.07) is 15.4. The summed E-state index contributed by atoms with van der Waals surface area (Å²) in [7, 11) is 1.62. The van der Waals surface area contributed by atoms with E-state index in [-0.39, 0.29) is 11.8 Å². The number of ether oxygens (including phenoxy) is 1. The van der Waals surface area contributed by atoms with Crippen molar-refractivity contribution in [1.29, 1.82) is 0 Å². The van der Waals surface area contributed by atoms with Gasteiger partial charge in [-0.1, -0.05) is 50.2 Å². The van der Waals surface area contributed by atoms with Crippen molar-refractivity contribution in [1.82, 2.24) is 10.2 Å². The average molecular weight is 411 g/mol. The van der Waals surface area contributed by atoms with E-state index in [0.29, 0.717) is 25.9 Å². The number of aryl methyl sites for hydroxylation is 2.